The summed E-state index contributed by atoms with van der Waals surface area (Å²) in [6.07, 6.45) is 1.48. The number of anilines is 2. The number of thioether (sulfide) groups is 2. The first kappa shape index (κ1) is 27.1. The Morgan fingerprint density at radius 3 is 2.74 bits per heavy atom. The number of carbonyl (C=O) groups excluding carboxylic acids is 2. The minimum Gasteiger partial charge on any atom is -0.478 e. The Morgan fingerprint density at radius 1 is 1.34 bits per heavy atom. The number of nitrogens with zero attached hydrogens (tertiary/aromatic N) is 5. The van der Waals surface area contributed by atoms with E-state index in [1.165, 1.54) is 41.1 Å². The third-order valence-electron chi connectivity index (χ3n) is 5.28. The van der Waals surface area contributed by atoms with Gasteiger partial charge in [0.25, 0.3) is 11.8 Å². The molecule has 0 saturated carbocycles. The van der Waals surface area contributed by atoms with Gasteiger partial charge in [-0.1, -0.05) is 5.16 Å². The summed E-state index contributed by atoms with van der Waals surface area (Å²) >= 11 is 3.48. The van der Waals surface area contributed by atoms with Gasteiger partial charge in [-0.25, -0.2) is 19.1 Å². The number of nitrogens with two attached hydrogens (primary N) is 2. The van der Waals surface area contributed by atoms with Gasteiger partial charge < -0.3 is 31.8 Å². The second-order valence-corrected chi connectivity index (χ2v) is 10.7. The zero-order chi connectivity index (χ0) is 27.6. The van der Waals surface area contributed by atoms with Crippen LogP contribution in [0.25, 0.3) is 0 Å². The molecule has 1 fully saturated rings. The summed E-state index contributed by atoms with van der Waals surface area (Å²) in [6, 6.07) is 0.456. The summed E-state index contributed by atoms with van der Waals surface area (Å²) in [6.45, 7) is -0.356. The molecule has 0 aromatic carbocycles. The van der Waals surface area contributed by atoms with Crippen LogP contribution in [0.1, 0.15) is 5.69 Å². The third-order valence-corrected chi connectivity index (χ3v) is 8.37. The fourth-order valence-corrected chi connectivity index (χ4v) is 6.70. The number of hydrogen-bond donors (Lipinski definition) is 5. The molecule has 2 aromatic rings. The number of fused-ring (bicyclic) bond motifs is 1. The molecule has 7 N–H and O–H groups in total. The number of nitrogens with one attached hydrogen (secondary N) is 1. The predicted octanol–water partition coefficient (Wildman–Crippen LogP) is -1.04. The number of amides is 2. The van der Waals surface area contributed by atoms with Gasteiger partial charge in [0.15, 0.2) is 17.4 Å². The largest absolute Gasteiger partial charge is 0.478 e. The lowest BCUT2D eigenvalue weighted by molar-refractivity contribution is -0.726. The van der Waals surface area contributed by atoms with Crippen LogP contribution in [0.15, 0.2) is 39.2 Å². The van der Waals surface area contributed by atoms with Gasteiger partial charge in [-0.3, -0.25) is 14.5 Å². The molecule has 0 spiro atoms. The third kappa shape index (κ3) is 5.50. The Hall–Kier alpha value is -3.90. The number of thiazole rings is 1. The molecule has 0 bridgehead atoms. The SMILES string of the molecule is CO/N=C(\C(=O)NC1C(=O)N2C(C(=O)O)=C(CSc3nc(N)cc[n+]3CC(=O)O)CS[C@H]12)c1csc(N)n1. The molecule has 2 aliphatic heterocycles. The average Bonchev–Trinajstić information content (AvgIpc) is 3.30. The Bertz CT molecular complexity index is 1380. The Labute approximate surface area is 226 Å². The van der Waals surface area contributed by atoms with Crippen LogP contribution < -0.4 is 21.4 Å². The van der Waals surface area contributed by atoms with Gasteiger partial charge in [0.2, 0.25) is 5.82 Å². The van der Waals surface area contributed by atoms with Crippen molar-refractivity contribution < 1.29 is 38.8 Å². The van der Waals surface area contributed by atoms with Gasteiger partial charge in [0.05, 0.1) is 6.20 Å². The lowest BCUT2D eigenvalue weighted by Gasteiger charge is -2.49. The van der Waals surface area contributed by atoms with Crippen LogP contribution in [-0.2, 0) is 30.6 Å². The molecule has 1 saturated heterocycles. The van der Waals surface area contributed by atoms with Crippen LogP contribution in [0.5, 0.6) is 0 Å². The number of hydrogen-bond acceptors (Lipinski definition) is 13. The van der Waals surface area contributed by atoms with Crippen molar-refractivity contribution >= 4 is 75.3 Å². The van der Waals surface area contributed by atoms with E-state index in [4.69, 9.17) is 21.4 Å². The number of carboxylic acids is 2. The normalized spacial score (nSPS) is 19.0. The van der Waals surface area contributed by atoms with Gasteiger partial charge in [-0.05, 0) is 22.3 Å². The van der Waals surface area contributed by atoms with Crippen LogP contribution >= 0.6 is 34.9 Å². The number of aliphatic carboxylic acids is 2. The van der Waals surface area contributed by atoms with E-state index in [0.717, 1.165) is 28.0 Å². The Kier molecular flexibility index (Phi) is 8.02. The minimum atomic E-state index is -1.30. The van der Waals surface area contributed by atoms with Gasteiger partial charge in [0, 0.05) is 23.0 Å². The van der Waals surface area contributed by atoms with Gasteiger partial charge in [0.1, 0.15) is 29.9 Å². The molecule has 18 heteroatoms. The highest BCUT2D eigenvalue weighted by molar-refractivity contribution is 8.01. The van der Waals surface area contributed by atoms with E-state index in [9.17, 15) is 24.3 Å². The van der Waals surface area contributed by atoms with E-state index < -0.39 is 35.2 Å². The van der Waals surface area contributed by atoms with Crippen LogP contribution in [0, 0.1) is 0 Å². The summed E-state index contributed by atoms with van der Waals surface area (Å²) in [5.41, 5.74) is 11.6. The molecular formula is C20H21N8O7S3+. The first-order valence-electron chi connectivity index (χ1n) is 10.6. The number of carbonyl (C=O) groups is 4. The van der Waals surface area contributed by atoms with E-state index in [2.05, 4.69) is 20.4 Å². The van der Waals surface area contributed by atoms with Crippen LogP contribution in [0.4, 0.5) is 10.9 Å². The molecular weight excluding hydrogens is 560 g/mol. The number of oxime groups is 1. The van der Waals surface area contributed by atoms with E-state index in [1.54, 1.807) is 0 Å². The first-order valence-corrected chi connectivity index (χ1v) is 13.6. The molecule has 4 heterocycles. The number of rotatable bonds is 10. The Balaban J connectivity index is 1.51. The minimum absolute atomic E-state index is 0.119. The second kappa shape index (κ2) is 11.2. The fraction of sp³-hybridized carbons (Fsp3) is 0.300. The summed E-state index contributed by atoms with van der Waals surface area (Å²) in [7, 11) is 1.25. The van der Waals surface area contributed by atoms with Crippen LogP contribution in [0.3, 0.4) is 0 Å². The van der Waals surface area contributed by atoms with E-state index >= 15 is 0 Å². The monoisotopic (exact) mass is 581 g/mol. The molecule has 0 aliphatic carbocycles. The van der Waals surface area contributed by atoms with Gasteiger partial charge in [-0.2, -0.15) is 0 Å². The maximum absolute atomic E-state index is 13.0. The molecule has 38 heavy (non-hydrogen) atoms. The molecule has 4 rings (SSSR count). The fourth-order valence-electron chi connectivity index (χ4n) is 3.67. The van der Waals surface area contributed by atoms with Crippen molar-refractivity contribution in [1.29, 1.82) is 0 Å². The van der Waals surface area contributed by atoms with Crippen LogP contribution in [-0.4, -0.2) is 84.6 Å². The molecule has 200 valence electrons. The number of β-lactam (4-membered cyclic amide) rings is 1. The first-order chi connectivity index (χ1) is 18.1. The maximum Gasteiger partial charge on any atom is 0.362 e. The van der Waals surface area contributed by atoms with Gasteiger partial charge >= 0.3 is 17.1 Å². The summed E-state index contributed by atoms with van der Waals surface area (Å²) in [5.74, 6) is -3.18. The van der Waals surface area contributed by atoms with Gasteiger partial charge in [-0.15, -0.1) is 23.1 Å². The lowest BCUT2D eigenvalue weighted by Crippen LogP contribution is -2.71. The summed E-state index contributed by atoms with van der Waals surface area (Å²) in [5, 5.41) is 26.7. The highest BCUT2D eigenvalue weighted by Crippen LogP contribution is 2.41. The molecule has 2 aromatic heterocycles. The Morgan fingerprint density at radius 2 is 2.11 bits per heavy atom. The summed E-state index contributed by atoms with van der Waals surface area (Å²) in [4.78, 5) is 63.2. The quantitative estimate of drug-likeness (QED) is 0.0564. The highest BCUT2D eigenvalue weighted by Gasteiger charge is 2.54. The molecule has 0 radical (unpaired) electrons. The zero-order valence-corrected chi connectivity index (χ0v) is 22.0. The van der Waals surface area contributed by atoms with E-state index in [0.29, 0.717) is 5.57 Å². The predicted molar refractivity (Wildman–Crippen MR) is 137 cm³/mol. The van der Waals surface area contributed by atoms with Crippen molar-refractivity contribution in [3.63, 3.8) is 0 Å². The maximum atomic E-state index is 13.0. The van der Waals surface area contributed by atoms with Crippen molar-refractivity contribution in [3.8, 4) is 0 Å². The lowest BCUT2D eigenvalue weighted by atomic mass is 10.0. The number of nitrogen functional groups attached to an aromatic ring is 2. The number of carboxylic acid groups (broad SMARTS) is 2. The molecule has 15 nitrogen and oxygen atoms in total. The zero-order valence-electron chi connectivity index (χ0n) is 19.6. The van der Waals surface area contributed by atoms with Crippen molar-refractivity contribution in [3.05, 3.63) is 34.6 Å². The van der Waals surface area contributed by atoms with Crippen molar-refractivity contribution in [1.82, 2.24) is 20.2 Å². The second-order valence-electron chi connectivity index (χ2n) is 7.76. The van der Waals surface area contributed by atoms with E-state index in [1.807, 2.05) is 0 Å². The highest BCUT2D eigenvalue weighted by atomic mass is 32.2. The molecule has 1 unspecified atom stereocenters. The summed E-state index contributed by atoms with van der Waals surface area (Å²) < 4.78 is 1.37. The molecule has 2 aliphatic rings. The standard InChI is InChI=1S/C20H20N8O7S3/c1-35-26-12(9-7-37-19(22)23-9)15(31)25-13-16(32)28-14(18(33)34)8(5-36-17(13)28)6-38-20-24-10(21)2-3-27(20)4-11(29)30/h2-3,7,13,17,21H,4-6H2,1H3,(H5,22,23,25,29,30,31,33,34)/p+1/b26-12-/t13?,17-/m1/s1. The van der Waals surface area contributed by atoms with Crippen molar-refractivity contribution in [2.24, 2.45) is 5.16 Å². The topological polar surface area (TPSA) is 227 Å². The number of aromatic nitrogens is 3. The molecule has 2 atom stereocenters. The molecule has 2 amide bonds. The average molecular weight is 582 g/mol. The van der Waals surface area contributed by atoms with Crippen LogP contribution in [0.2, 0.25) is 0 Å². The van der Waals surface area contributed by atoms with Crippen molar-refractivity contribution in [2.45, 2.75) is 23.1 Å². The van der Waals surface area contributed by atoms with Crippen molar-refractivity contribution in [2.75, 3.05) is 30.1 Å². The van der Waals surface area contributed by atoms with E-state index in [-0.39, 0.29) is 51.3 Å². The smallest absolute Gasteiger partial charge is 0.362 e.